The van der Waals surface area contributed by atoms with Crippen LogP contribution >= 0.6 is 0 Å². The summed E-state index contributed by atoms with van der Waals surface area (Å²) in [7, 11) is 0. The third-order valence-electron chi connectivity index (χ3n) is 4.22. The number of fused-ring (bicyclic) bond motifs is 1. The van der Waals surface area contributed by atoms with Crippen LogP contribution in [0.3, 0.4) is 0 Å². The van der Waals surface area contributed by atoms with E-state index in [2.05, 4.69) is 26.9 Å². The van der Waals surface area contributed by atoms with Crippen molar-refractivity contribution in [3.05, 3.63) is 23.3 Å². The van der Waals surface area contributed by atoms with Crippen molar-refractivity contribution in [3.8, 4) is 0 Å². The number of aromatic nitrogens is 4. The summed E-state index contributed by atoms with van der Waals surface area (Å²) in [5.41, 5.74) is 1.33. The first-order valence-corrected chi connectivity index (χ1v) is 7.87. The number of aryl methyl sites for hydroxylation is 2. The van der Waals surface area contributed by atoms with Gasteiger partial charge in [0.1, 0.15) is 0 Å². The Hall–Kier alpha value is -2.02. The number of hydrogen-bond donors (Lipinski definition) is 0. The molecule has 3 rings (SSSR count). The molecule has 0 bridgehead atoms. The lowest BCUT2D eigenvalue weighted by Gasteiger charge is -2.34. The van der Waals surface area contributed by atoms with E-state index < -0.39 is 0 Å². The second-order valence-corrected chi connectivity index (χ2v) is 5.59. The van der Waals surface area contributed by atoms with Crippen molar-refractivity contribution in [2.24, 2.45) is 0 Å². The Labute approximate surface area is 130 Å². The van der Waals surface area contributed by atoms with Crippen molar-refractivity contribution >= 4 is 11.7 Å². The third kappa shape index (κ3) is 2.68. The number of carbonyl (C=O) groups is 1. The number of amides is 1. The van der Waals surface area contributed by atoms with Crippen LogP contribution in [0.1, 0.15) is 35.7 Å². The van der Waals surface area contributed by atoms with Gasteiger partial charge in [0.05, 0.1) is 11.3 Å². The highest BCUT2D eigenvalue weighted by Crippen LogP contribution is 2.13. The summed E-state index contributed by atoms with van der Waals surface area (Å²) >= 11 is 0. The monoisotopic (exact) mass is 302 g/mol. The lowest BCUT2D eigenvalue weighted by molar-refractivity contribution is 0.0641. The molecule has 0 radical (unpaired) electrons. The zero-order valence-corrected chi connectivity index (χ0v) is 13.4. The van der Waals surface area contributed by atoms with Gasteiger partial charge in [-0.25, -0.2) is 9.50 Å². The zero-order chi connectivity index (χ0) is 15.7. The van der Waals surface area contributed by atoms with E-state index in [4.69, 9.17) is 0 Å². The molecule has 3 heterocycles. The normalized spacial score (nSPS) is 16.4. The maximum atomic E-state index is 12.7. The van der Waals surface area contributed by atoms with Crippen LogP contribution in [0.5, 0.6) is 0 Å². The minimum Gasteiger partial charge on any atom is -0.336 e. The Kier molecular flexibility index (Phi) is 4.06. The second kappa shape index (κ2) is 6.00. The molecule has 2 aromatic rings. The molecule has 0 atom stereocenters. The summed E-state index contributed by atoms with van der Waals surface area (Å²) in [4.78, 5) is 25.8. The fourth-order valence-corrected chi connectivity index (χ4v) is 2.74. The van der Waals surface area contributed by atoms with Gasteiger partial charge in [0.2, 0.25) is 0 Å². The van der Waals surface area contributed by atoms with E-state index in [0.717, 1.165) is 45.0 Å². The highest BCUT2D eigenvalue weighted by atomic mass is 16.2. The number of piperazine rings is 1. The molecule has 0 unspecified atom stereocenters. The molecule has 1 aliphatic heterocycles. The number of nitrogens with zero attached hydrogens (tertiary/aromatic N) is 6. The average Bonchev–Trinajstić information content (AvgIpc) is 2.95. The van der Waals surface area contributed by atoms with E-state index in [0.29, 0.717) is 17.0 Å². The molecule has 22 heavy (non-hydrogen) atoms. The molecule has 0 saturated carbocycles. The summed E-state index contributed by atoms with van der Waals surface area (Å²) in [6.45, 7) is 10.4. The van der Waals surface area contributed by atoms with Gasteiger partial charge in [-0.1, -0.05) is 13.8 Å². The first-order chi connectivity index (χ1) is 10.6. The highest BCUT2D eigenvalue weighted by Gasteiger charge is 2.23. The second-order valence-electron chi connectivity index (χ2n) is 5.59. The lowest BCUT2D eigenvalue weighted by Crippen LogP contribution is -2.48. The van der Waals surface area contributed by atoms with Crippen molar-refractivity contribution < 1.29 is 4.79 Å². The van der Waals surface area contributed by atoms with Gasteiger partial charge in [-0.15, -0.1) is 5.10 Å². The molecule has 0 spiro atoms. The van der Waals surface area contributed by atoms with Gasteiger partial charge < -0.3 is 9.80 Å². The van der Waals surface area contributed by atoms with E-state index in [1.165, 1.54) is 0 Å². The first-order valence-electron chi connectivity index (χ1n) is 7.87. The van der Waals surface area contributed by atoms with Crippen LogP contribution in [0.4, 0.5) is 0 Å². The predicted octanol–water partition coefficient (Wildman–Crippen LogP) is 0.773. The number of hydrogen-bond acceptors (Lipinski definition) is 5. The average molecular weight is 302 g/mol. The predicted molar refractivity (Wildman–Crippen MR) is 82.9 cm³/mol. The van der Waals surface area contributed by atoms with Gasteiger partial charge in [-0.05, 0) is 13.5 Å². The molecule has 118 valence electrons. The van der Waals surface area contributed by atoms with Gasteiger partial charge in [-0.2, -0.15) is 4.98 Å². The molecule has 1 fully saturated rings. The molecule has 1 saturated heterocycles. The SMILES string of the molecule is CCc1nc2nc(C)c(C(=O)N3CCN(CC)CC3)cn2n1. The largest absolute Gasteiger partial charge is 0.336 e. The number of likely N-dealkylation sites (N-methyl/N-ethyl adjacent to an activating group) is 1. The Bertz CT molecular complexity index is 687. The maximum absolute atomic E-state index is 12.7. The van der Waals surface area contributed by atoms with Crippen LogP contribution in [0, 0.1) is 6.92 Å². The van der Waals surface area contributed by atoms with E-state index in [-0.39, 0.29) is 5.91 Å². The molecular weight excluding hydrogens is 280 g/mol. The van der Waals surface area contributed by atoms with Crippen LogP contribution in [0.15, 0.2) is 6.20 Å². The Morgan fingerprint density at radius 2 is 1.91 bits per heavy atom. The summed E-state index contributed by atoms with van der Waals surface area (Å²) in [6.07, 6.45) is 2.52. The zero-order valence-electron chi connectivity index (χ0n) is 13.4. The van der Waals surface area contributed by atoms with E-state index in [9.17, 15) is 4.79 Å². The summed E-state index contributed by atoms with van der Waals surface area (Å²) in [5.74, 6) is 1.34. The molecule has 0 aromatic carbocycles. The minimum atomic E-state index is 0.0381. The molecule has 1 aliphatic rings. The van der Waals surface area contributed by atoms with E-state index >= 15 is 0 Å². The van der Waals surface area contributed by atoms with Crippen molar-refractivity contribution in [2.75, 3.05) is 32.7 Å². The molecule has 7 nitrogen and oxygen atoms in total. The quantitative estimate of drug-likeness (QED) is 0.838. The van der Waals surface area contributed by atoms with Crippen LogP contribution in [-0.4, -0.2) is 68.0 Å². The minimum absolute atomic E-state index is 0.0381. The smallest absolute Gasteiger partial charge is 0.257 e. The summed E-state index contributed by atoms with van der Waals surface area (Å²) in [5, 5.41) is 4.35. The summed E-state index contributed by atoms with van der Waals surface area (Å²) < 4.78 is 1.61. The summed E-state index contributed by atoms with van der Waals surface area (Å²) in [6, 6.07) is 0. The Morgan fingerprint density at radius 1 is 1.18 bits per heavy atom. The molecule has 2 aromatic heterocycles. The van der Waals surface area contributed by atoms with Crippen molar-refractivity contribution in [1.29, 1.82) is 0 Å². The fourth-order valence-electron chi connectivity index (χ4n) is 2.74. The van der Waals surface area contributed by atoms with E-state index in [1.807, 2.05) is 18.7 Å². The highest BCUT2D eigenvalue weighted by molar-refractivity contribution is 5.95. The number of carbonyl (C=O) groups excluding carboxylic acids is 1. The fraction of sp³-hybridized carbons (Fsp3) is 0.600. The maximum Gasteiger partial charge on any atom is 0.257 e. The molecular formula is C15H22N6O. The third-order valence-corrected chi connectivity index (χ3v) is 4.22. The van der Waals surface area contributed by atoms with Crippen molar-refractivity contribution in [1.82, 2.24) is 29.4 Å². The van der Waals surface area contributed by atoms with Crippen LogP contribution < -0.4 is 0 Å². The lowest BCUT2D eigenvalue weighted by atomic mass is 10.2. The van der Waals surface area contributed by atoms with Gasteiger partial charge in [0.15, 0.2) is 5.82 Å². The van der Waals surface area contributed by atoms with Crippen LogP contribution in [0.25, 0.3) is 5.78 Å². The van der Waals surface area contributed by atoms with Gasteiger partial charge >= 0.3 is 0 Å². The van der Waals surface area contributed by atoms with Crippen molar-refractivity contribution in [3.63, 3.8) is 0 Å². The van der Waals surface area contributed by atoms with Crippen molar-refractivity contribution in [2.45, 2.75) is 27.2 Å². The Balaban J connectivity index is 1.85. The van der Waals surface area contributed by atoms with Gasteiger partial charge in [0.25, 0.3) is 11.7 Å². The molecule has 1 amide bonds. The van der Waals surface area contributed by atoms with Gasteiger partial charge in [0, 0.05) is 38.8 Å². The van der Waals surface area contributed by atoms with Gasteiger partial charge in [-0.3, -0.25) is 4.79 Å². The Morgan fingerprint density at radius 3 is 2.55 bits per heavy atom. The topological polar surface area (TPSA) is 66.6 Å². The molecule has 7 heteroatoms. The first kappa shape index (κ1) is 14.9. The molecule has 0 aliphatic carbocycles. The van der Waals surface area contributed by atoms with E-state index in [1.54, 1.807) is 10.7 Å². The van der Waals surface area contributed by atoms with Crippen LogP contribution in [0.2, 0.25) is 0 Å². The van der Waals surface area contributed by atoms with Crippen LogP contribution in [-0.2, 0) is 6.42 Å². The molecule has 0 N–H and O–H groups in total. The standard InChI is InChI=1S/C15H22N6O/c1-4-13-17-15-16-11(3)12(10-21(15)18-13)14(22)20-8-6-19(5-2)7-9-20/h10H,4-9H2,1-3H3. The number of rotatable bonds is 3.